The number of nitrogen functional groups attached to an aromatic ring is 1. The number of nitrogens with two attached hydrogens (primary N) is 1. The maximum absolute atomic E-state index is 6.02. The minimum Gasteiger partial charge on any atom is -0.497 e. The van der Waals surface area contributed by atoms with Gasteiger partial charge in [0.15, 0.2) is 0 Å². The average Bonchev–Trinajstić information content (AvgIpc) is 2.36. The molecule has 2 rings (SSSR count). The van der Waals surface area contributed by atoms with Crippen molar-refractivity contribution in [1.82, 2.24) is 4.90 Å². The molecule has 4 nitrogen and oxygen atoms in total. The van der Waals surface area contributed by atoms with Gasteiger partial charge in [0.25, 0.3) is 0 Å². The van der Waals surface area contributed by atoms with E-state index < -0.39 is 0 Å². The van der Waals surface area contributed by atoms with Crippen molar-refractivity contribution < 1.29 is 4.74 Å². The number of ether oxygens (including phenoxy) is 1. The van der Waals surface area contributed by atoms with Crippen molar-refractivity contribution in [3.05, 3.63) is 18.2 Å². The van der Waals surface area contributed by atoms with Crippen LogP contribution in [0.3, 0.4) is 0 Å². The van der Waals surface area contributed by atoms with Gasteiger partial charge in [-0.2, -0.15) is 0 Å². The highest BCUT2D eigenvalue weighted by Crippen LogP contribution is 2.27. The summed E-state index contributed by atoms with van der Waals surface area (Å²) >= 11 is 0. The van der Waals surface area contributed by atoms with E-state index in [-0.39, 0.29) is 0 Å². The molecule has 0 spiro atoms. The molecule has 100 valence electrons. The number of nitrogens with one attached hydrogen (secondary N) is 1. The van der Waals surface area contributed by atoms with Crippen LogP contribution in [-0.4, -0.2) is 37.7 Å². The van der Waals surface area contributed by atoms with Gasteiger partial charge in [-0.3, -0.25) is 0 Å². The molecule has 2 unspecified atom stereocenters. The summed E-state index contributed by atoms with van der Waals surface area (Å²) in [5.74, 6) is 0.801. The fraction of sp³-hybridized carbons (Fsp3) is 0.571. The molecule has 1 aliphatic rings. The van der Waals surface area contributed by atoms with Crippen molar-refractivity contribution in [3.8, 4) is 5.75 Å². The molecule has 1 aliphatic heterocycles. The molecule has 3 N–H and O–H groups in total. The number of benzene rings is 1. The number of piperidine rings is 1. The summed E-state index contributed by atoms with van der Waals surface area (Å²) in [5, 5.41) is 3.54. The lowest BCUT2D eigenvalue weighted by Crippen LogP contribution is -2.42. The Labute approximate surface area is 109 Å². The standard InChI is InChI=1S/C14H23N3O/c1-10-8-11(6-7-17(10)2)16-14-5-4-12(18-3)9-13(14)15/h4-5,9-11,16H,6-8,15H2,1-3H3. The molecule has 0 radical (unpaired) electrons. The molecular weight excluding hydrogens is 226 g/mol. The summed E-state index contributed by atoms with van der Waals surface area (Å²) in [6.45, 7) is 3.40. The first-order valence-electron chi connectivity index (χ1n) is 6.50. The predicted molar refractivity (Wildman–Crippen MR) is 76.1 cm³/mol. The number of methoxy groups -OCH3 is 1. The molecule has 1 heterocycles. The minimum absolute atomic E-state index is 0.506. The van der Waals surface area contributed by atoms with Crippen molar-refractivity contribution in [2.24, 2.45) is 0 Å². The minimum atomic E-state index is 0.506. The number of anilines is 2. The van der Waals surface area contributed by atoms with E-state index in [1.165, 1.54) is 0 Å². The van der Waals surface area contributed by atoms with Crippen LogP contribution in [0.25, 0.3) is 0 Å². The van der Waals surface area contributed by atoms with Gasteiger partial charge >= 0.3 is 0 Å². The molecular formula is C14H23N3O. The summed E-state index contributed by atoms with van der Waals surface area (Å²) in [6.07, 6.45) is 2.31. The predicted octanol–water partition coefficient (Wildman–Crippen LogP) is 2.17. The van der Waals surface area contributed by atoms with Crippen molar-refractivity contribution >= 4 is 11.4 Å². The summed E-state index contributed by atoms with van der Waals surface area (Å²) < 4.78 is 5.16. The third-order valence-electron chi connectivity index (χ3n) is 3.83. The molecule has 18 heavy (non-hydrogen) atoms. The summed E-state index contributed by atoms with van der Waals surface area (Å²) in [6, 6.07) is 6.93. The fourth-order valence-corrected chi connectivity index (χ4v) is 2.44. The van der Waals surface area contributed by atoms with E-state index in [0.717, 1.165) is 36.5 Å². The highest BCUT2D eigenvalue weighted by molar-refractivity contribution is 5.68. The van der Waals surface area contributed by atoms with Gasteiger partial charge < -0.3 is 20.7 Å². The van der Waals surface area contributed by atoms with Crippen LogP contribution in [0.4, 0.5) is 11.4 Å². The molecule has 1 aromatic rings. The molecule has 4 heteroatoms. The van der Waals surface area contributed by atoms with Crippen molar-refractivity contribution in [2.45, 2.75) is 31.8 Å². The Hall–Kier alpha value is -1.42. The molecule has 0 aliphatic carbocycles. The van der Waals surface area contributed by atoms with Gasteiger partial charge in [0.1, 0.15) is 5.75 Å². The monoisotopic (exact) mass is 249 g/mol. The van der Waals surface area contributed by atoms with E-state index in [2.05, 4.69) is 24.2 Å². The first-order chi connectivity index (χ1) is 8.60. The molecule has 0 amide bonds. The molecule has 1 fully saturated rings. The Morgan fingerprint density at radius 2 is 2.22 bits per heavy atom. The van der Waals surface area contributed by atoms with Gasteiger partial charge in [-0.15, -0.1) is 0 Å². The summed E-state index contributed by atoms with van der Waals surface area (Å²) in [7, 11) is 3.84. The number of hydrogen-bond donors (Lipinski definition) is 2. The Morgan fingerprint density at radius 1 is 1.44 bits per heavy atom. The Bertz CT molecular complexity index is 408. The van der Waals surface area contributed by atoms with Crippen molar-refractivity contribution in [1.29, 1.82) is 0 Å². The zero-order valence-corrected chi connectivity index (χ0v) is 11.4. The van der Waals surface area contributed by atoms with Gasteiger partial charge in [-0.05, 0) is 38.9 Å². The Kier molecular flexibility index (Phi) is 3.97. The van der Waals surface area contributed by atoms with Crippen LogP contribution in [0.15, 0.2) is 18.2 Å². The molecule has 1 saturated heterocycles. The van der Waals surface area contributed by atoms with E-state index in [9.17, 15) is 0 Å². The Balaban J connectivity index is 2.01. The van der Waals surface area contributed by atoms with Crippen molar-refractivity contribution in [2.75, 3.05) is 31.8 Å². The smallest absolute Gasteiger partial charge is 0.121 e. The zero-order valence-electron chi connectivity index (χ0n) is 11.4. The highest BCUT2D eigenvalue weighted by Gasteiger charge is 2.22. The van der Waals surface area contributed by atoms with Crippen LogP contribution < -0.4 is 15.8 Å². The van der Waals surface area contributed by atoms with E-state index in [1.807, 2.05) is 18.2 Å². The lowest BCUT2D eigenvalue weighted by molar-refractivity contribution is 0.190. The lowest BCUT2D eigenvalue weighted by Gasteiger charge is -2.36. The first kappa shape index (κ1) is 13.0. The molecule has 0 aromatic heterocycles. The van der Waals surface area contributed by atoms with Crippen molar-refractivity contribution in [3.63, 3.8) is 0 Å². The summed E-state index contributed by atoms with van der Waals surface area (Å²) in [5.41, 5.74) is 7.79. The zero-order chi connectivity index (χ0) is 13.1. The van der Waals surface area contributed by atoms with Gasteiger partial charge in [-0.25, -0.2) is 0 Å². The SMILES string of the molecule is COc1ccc(NC2CCN(C)C(C)C2)c(N)c1. The second-order valence-corrected chi connectivity index (χ2v) is 5.15. The normalized spacial score (nSPS) is 24.8. The number of likely N-dealkylation sites (tertiary alicyclic amines) is 1. The van der Waals surface area contributed by atoms with E-state index in [1.54, 1.807) is 7.11 Å². The van der Waals surface area contributed by atoms with Crippen LogP contribution >= 0.6 is 0 Å². The fourth-order valence-electron chi connectivity index (χ4n) is 2.44. The number of nitrogens with zero attached hydrogens (tertiary/aromatic N) is 1. The van der Waals surface area contributed by atoms with E-state index in [4.69, 9.17) is 10.5 Å². The lowest BCUT2D eigenvalue weighted by atomic mass is 9.98. The van der Waals surface area contributed by atoms with Crippen LogP contribution in [-0.2, 0) is 0 Å². The van der Waals surface area contributed by atoms with Crippen LogP contribution in [0.2, 0.25) is 0 Å². The number of hydrogen-bond acceptors (Lipinski definition) is 4. The maximum Gasteiger partial charge on any atom is 0.121 e. The first-order valence-corrected chi connectivity index (χ1v) is 6.50. The summed E-state index contributed by atoms with van der Waals surface area (Å²) in [4.78, 5) is 2.40. The molecule has 2 atom stereocenters. The third-order valence-corrected chi connectivity index (χ3v) is 3.83. The largest absolute Gasteiger partial charge is 0.497 e. The van der Waals surface area contributed by atoms with Gasteiger partial charge in [0.2, 0.25) is 0 Å². The second-order valence-electron chi connectivity index (χ2n) is 5.15. The molecule has 0 bridgehead atoms. The van der Waals surface area contributed by atoms with Crippen LogP contribution in [0.1, 0.15) is 19.8 Å². The van der Waals surface area contributed by atoms with E-state index >= 15 is 0 Å². The highest BCUT2D eigenvalue weighted by atomic mass is 16.5. The van der Waals surface area contributed by atoms with Gasteiger partial charge in [-0.1, -0.05) is 0 Å². The van der Waals surface area contributed by atoms with Crippen LogP contribution in [0.5, 0.6) is 5.75 Å². The van der Waals surface area contributed by atoms with Gasteiger partial charge in [0, 0.05) is 24.7 Å². The quantitative estimate of drug-likeness (QED) is 0.806. The maximum atomic E-state index is 6.02. The molecule has 0 saturated carbocycles. The third kappa shape index (κ3) is 2.88. The number of rotatable bonds is 3. The second kappa shape index (κ2) is 5.48. The van der Waals surface area contributed by atoms with Crippen LogP contribution in [0, 0.1) is 0 Å². The van der Waals surface area contributed by atoms with Gasteiger partial charge in [0.05, 0.1) is 18.5 Å². The average molecular weight is 249 g/mol. The topological polar surface area (TPSA) is 50.5 Å². The Morgan fingerprint density at radius 3 is 2.83 bits per heavy atom. The molecule has 1 aromatic carbocycles. The van der Waals surface area contributed by atoms with E-state index in [0.29, 0.717) is 12.1 Å².